The normalized spacial score (nSPS) is 17.6. The van der Waals surface area contributed by atoms with Crippen molar-refractivity contribution in [1.29, 1.82) is 0 Å². The van der Waals surface area contributed by atoms with Crippen molar-refractivity contribution in [2.24, 2.45) is 5.92 Å². The quantitative estimate of drug-likeness (QED) is 0.621. The van der Waals surface area contributed by atoms with Gasteiger partial charge in [0.25, 0.3) is 0 Å². The van der Waals surface area contributed by atoms with Crippen molar-refractivity contribution in [3.8, 4) is 10.7 Å². The SMILES string of the molecule is Cc1cccc(NC(=O)[C@@H]2CCCN(S(=O)(=O)c3cc(-c4noc(C)n4)sc3C)C2)c1. The first-order valence-corrected chi connectivity index (χ1v) is 12.3. The molecule has 0 unspecified atom stereocenters. The fourth-order valence-electron chi connectivity index (χ4n) is 3.71. The van der Waals surface area contributed by atoms with E-state index in [4.69, 9.17) is 4.52 Å². The molecule has 2 aromatic heterocycles. The van der Waals surface area contributed by atoms with Crippen LogP contribution < -0.4 is 5.32 Å². The monoisotopic (exact) mass is 460 g/mol. The number of rotatable bonds is 5. The van der Waals surface area contributed by atoms with Crippen LogP contribution in [0.3, 0.4) is 0 Å². The molecule has 3 aromatic rings. The number of nitrogens with one attached hydrogen (secondary N) is 1. The van der Waals surface area contributed by atoms with Crippen molar-refractivity contribution < 1.29 is 17.7 Å². The summed E-state index contributed by atoms with van der Waals surface area (Å²) in [6.45, 7) is 5.95. The maximum Gasteiger partial charge on any atom is 0.244 e. The summed E-state index contributed by atoms with van der Waals surface area (Å²) in [6, 6.07) is 9.15. The maximum atomic E-state index is 13.4. The Bertz CT molecular complexity index is 1220. The summed E-state index contributed by atoms with van der Waals surface area (Å²) in [5.74, 6) is 0.239. The number of amides is 1. The number of sulfonamides is 1. The molecule has 1 amide bonds. The van der Waals surface area contributed by atoms with Crippen LogP contribution in [0.15, 0.2) is 39.8 Å². The zero-order chi connectivity index (χ0) is 22.2. The summed E-state index contributed by atoms with van der Waals surface area (Å²) in [5.41, 5.74) is 1.77. The fourth-order valence-corrected chi connectivity index (χ4v) is 6.72. The number of piperidine rings is 1. The number of nitrogens with zero attached hydrogens (tertiary/aromatic N) is 3. The number of hydrogen-bond acceptors (Lipinski definition) is 7. The lowest BCUT2D eigenvalue weighted by atomic mass is 9.98. The van der Waals surface area contributed by atoms with Crippen LogP contribution in [0, 0.1) is 26.7 Å². The lowest BCUT2D eigenvalue weighted by Gasteiger charge is -2.31. The van der Waals surface area contributed by atoms with Crippen molar-refractivity contribution in [3.05, 3.63) is 46.7 Å². The Hall–Kier alpha value is -2.56. The van der Waals surface area contributed by atoms with E-state index in [-0.39, 0.29) is 17.3 Å². The highest BCUT2D eigenvalue weighted by Gasteiger charge is 2.35. The molecule has 0 saturated carbocycles. The zero-order valence-electron chi connectivity index (χ0n) is 17.6. The third kappa shape index (κ3) is 4.56. The predicted molar refractivity (Wildman–Crippen MR) is 118 cm³/mol. The Balaban J connectivity index is 1.52. The second-order valence-corrected chi connectivity index (χ2v) is 10.9. The molecule has 8 nitrogen and oxygen atoms in total. The van der Waals surface area contributed by atoms with E-state index in [2.05, 4.69) is 15.5 Å². The summed E-state index contributed by atoms with van der Waals surface area (Å²) >= 11 is 1.31. The van der Waals surface area contributed by atoms with Gasteiger partial charge in [-0.15, -0.1) is 11.3 Å². The Labute approximate surface area is 185 Å². The Morgan fingerprint density at radius 2 is 2.06 bits per heavy atom. The number of carbonyl (C=O) groups excluding carboxylic acids is 1. The molecule has 0 aliphatic carbocycles. The third-order valence-corrected chi connectivity index (χ3v) is 8.45. The van der Waals surface area contributed by atoms with Crippen LogP contribution in [0.1, 0.15) is 29.2 Å². The first-order chi connectivity index (χ1) is 14.7. The standard InChI is InChI=1S/C21H24N4O4S2/c1-13-6-4-8-17(10-13)23-21(26)16-7-5-9-25(12-16)31(27,28)19-11-18(30-14(19)2)20-22-15(3)29-24-20/h4,6,8,10-11,16H,5,7,9,12H2,1-3H3,(H,23,26)/t16-/m1/s1. The highest BCUT2D eigenvalue weighted by atomic mass is 32.2. The van der Waals surface area contributed by atoms with Gasteiger partial charge in [0.15, 0.2) is 0 Å². The molecule has 10 heteroatoms. The van der Waals surface area contributed by atoms with E-state index in [0.29, 0.717) is 40.9 Å². The number of hydrogen-bond donors (Lipinski definition) is 1. The van der Waals surface area contributed by atoms with E-state index in [1.165, 1.54) is 15.6 Å². The minimum Gasteiger partial charge on any atom is -0.339 e. The molecule has 1 aliphatic rings. The van der Waals surface area contributed by atoms with Gasteiger partial charge in [0.2, 0.25) is 27.6 Å². The van der Waals surface area contributed by atoms with Crippen LogP contribution in [-0.2, 0) is 14.8 Å². The molecule has 164 valence electrons. The molecule has 1 atom stereocenters. The molecule has 31 heavy (non-hydrogen) atoms. The molecule has 1 saturated heterocycles. The maximum absolute atomic E-state index is 13.4. The first-order valence-electron chi connectivity index (χ1n) is 10.0. The second-order valence-electron chi connectivity index (χ2n) is 7.73. The number of carbonyl (C=O) groups is 1. The van der Waals surface area contributed by atoms with Gasteiger partial charge in [0.1, 0.15) is 0 Å². The Kier molecular flexibility index (Phi) is 5.96. The van der Waals surface area contributed by atoms with Crippen molar-refractivity contribution in [3.63, 3.8) is 0 Å². The highest BCUT2D eigenvalue weighted by molar-refractivity contribution is 7.89. The van der Waals surface area contributed by atoms with E-state index >= 15 is 0 Å². The van der Waals surface area contributed by atoms with Gasteiger partial charge in [-0.2, -0.15) is 9.29 Å². The zero-order valence-corrected chi connectivity index (χ0v) is 19.2. The molecule has 0 spiro atoms. The fraction of sp³-hybridized carbons (Fsp3) is 0.381. The number of aryl methyl sites for hydroxylation is 3. The Morgan fingerprint density at radius 3 is 2.77 bits per heavy atom. The van der Waals surface area contributed by atoms with Crippen molar-refractivity contribution in [2.75, 3.05) is 18.4 Å². The molecule has 1 fully saturated rings. The van der Waals surface area contributed by atoms with Crippen LogP contribution in [0.25, 0.3) is 10.7 Å². The summed E-state index contributed by atoms with van der Waals surface area (Å²) in [5, 5.41) is 6.80. The molecule has 1 aromatic carbocycles. The van der Waals surface area contributed by atoms with Gasteiger partial charge < -0.3 is 9.84 Å². The summed E-state index contributed by atoms with van der Waals surface area (Å²) in [4.78, 5) is 18.5. The van der Waals surface area contributed by atoms with Crippen LogP contribution in [-0.4, -0.2) is 41.9 Å². The topological polar surface area (TPSA) is 105 Å². The van der Waals surface area contributed by atoms with Crippen molar-refractivity contribution >= 4 is 33.0 Å². The van der Waals surface area contributed by atoms with Gasteiger partial charge in [-0.25, -0.2) is 8.42 Å². The van der Waals surface area contributed by atoms with Crippen LogP contribution >= 0.6 is 11.3 Å². The largest absolute Gasteiger partial charge is 0.339 e. The molecule has 3 heterocycles. The number of benzene rings is 1. The smallest absolute Gasteiger partial charge is 0.244 e. The molecule has 1 N–H and O–H groups in total. The molecule has 1 aliphatic heterocycles. The lowest BCUT2D eigenvalue weighted by molar-refractivity contribution is -0.120. The average Bonchev–Trinajstić information content (AvgIpc) is 3.34. The lowest BCUT2D eigenvalue weighted by Crippen LogP contribution is -2.43. The van der Waals surface area contributed by atoms with Gasteiger partial charge in [-0.05, 0) is 50.5 Å². The highest BCUT2D eigenvalue weighted by Crippen LogP contribution is 2.35. The van der Waals surface area contributed by atoms with Gasteiger partial charge in [0.05, 0.1) is 15.7 Å². The van der Waals surface area contributed by atoms with E-state index in [1.54, 1.807) is 19.9 Å². The van der Waals surface area contributed by atoms with Crippen LogP contribution in [0.5, 0.6) is 0 Å². The van der Waals surface area contributed by atoms with Gasteiger partial charge in [-0.3, -0.25) is 4.79 Å². The van der Waals surface area contributed by atoms with E-state index in [0.717, 1.165) is 11.3 Å². The van der Waals surface area contributed by atoms with E-state index in [1.807, 2.05) is 31.2 Å². The van der Waals surface area contributed by atoms with E-state index in [9.17, 15) is 13.2 Å². The van der Waals surface area contributed by atoms with Gasteiger partial charge in [0, 0.05) is 30.6 Å². The molecule has 0 radical (unpaired) electrons. The first kappa shape index (κ1) is 21.7. The number of thiophene rings is 1. The Morgan fingerprint density at radius 1 is 1.26 bits per heavy atom. The molecule has 4 rings (SSSR count). The number of anilines is 1. The van der Waals surface area contributed by atoms with Gasteiger partial charge in [-0.1, -0.05) is 17.3 Å². The average molecular weight is 461 g/mol. The van der Waals surface area contributed by atoms with E-state index < -0.39 is 15.9 Å². The summed E-state index contributed by atoms with van der Waals surface area (Å²) in [7, 11) is -3.74. The summed E-state index contributed by atoms with van der Waals surface area (Å²) in [6.07, 6.45) is 1.28. The van der Waals surface area contributed by atoms with Crippen LogP contribution in [0.4, 0.5) is 5.69 Å². The van der Waals surface area contributed by atoms with Crippen molar-refractivity contribution in [1.82, 2.24) is 14.4 Å². The second kappa shape index (κ2) is 8.52. The third-order valence-electron chi connectivity index (χ3n) is 5.28. The summed E-state index contributed by atoms with van der Waals surface area (Å²) < 4.78 is 33.2. The molecular weight excluding hydrogens is 436 g/mol. The minimum absolute atomic E-state index is 0.157. The minimum atomic E-state index is -3.74. The molecule has 0 bridgehead atoms. The molecular formula is C21H24N4O4S2. The van der Waals surface area contributed by atoms with Crippen LogP contribution in [0.2, 0.25) is 0 Å². The van der Waals surface area contributed by atoms with Crippen molar-refractivity contribution in [2.45, 2.75) is 38.5 Å². The van der Waals surface area contributed by atoms with Gasteiger partial charge >= 0.3 is 0 Å². The number of aromatic nitrogens is 2. The predicted octanol–water partition coefficient (Wildman–Crippen LogP) is 3.76.